The van der Waals surface area contributed by atoms with Gasteiger partial charge in [-0.25, -0.2) is 0 Å². The number of aryl methyl sites for hydroxylation is 1. The zero-order valence-electron chi connectivity index (χ0n) is 14.3. The van der Waals surface area contributed by atoms with Crippen molar-refractivity contribution in [2.75, 3.05) is 24.5 Å². The second kappa shape index (κ2) is 7.99. The van der Waals surface area contributed by atoms with Gasteiger partial charge in [-0.1, -0.05) is 12.1 Å². The van der Waals surface area contributed by atoms with Crippen LogP contribution in [0.25, 0.3) is 0 Å². The maximum atomic E-state index is 12.5. The van der Waals surface area contributed by atoms with Crippen molar-refractivity contribution >= 4 is 29.9 Å². The van der Waals surface area contributed by atoms with Crippen molar-refractivity contribution < 1.29 is 9.59 Å². The third-order valence-electron chi connectivity index (χ3n) is 5.01. The number of hydrogen-bond acceptors (Lipinski definition) is 3. The highest BCUT2D eigenvalue weighted by Gasteiger charge is 2.36. The van der Waals surface area contributed by atoms with Gasteiger partial charge in [0.05, 0.1) is 5.92 Å². The highest BCUT2D eigenvalue weighted by Crippen LogP contribution is 2.29. The average molecular weight is 352 g/mol. The van der Waals surface area contributed by atoms with Gasteiger partial charge in [-0.15, -0.1) is 12.4 Å². The molecule has 132 valence electrons. The summed E-state index contributed by atoms with van der Waals surface area (Å²) in [4.78, 5) is 26.6. The Morgan fingerprint density at radius 3 is 2.83 bits per heavy atom. The Morgan fingerprint density at radius 2 is 2.12 bits per heavy atom. The Kier molecular flexibility index (Phi) is 6.24. The molecule has 2 amide bonds. The predicted molar refractivity (Wildman–Crippen MR) is 97.7 cm³/mol. The number of rotatable bonds is 3. The molecule has 0 bridgehead atoms. The number of halogens is 1. The first-order chi connectivity index (χ1) is 11.1. The first-order valence-corrected chi connectivity index (χ1v) is 8.44. The van der Waals surface area contributed by atoms with Crippen LogP contribution in [0.2, 0.25) is 0 Å². The molecule has 2 unspecified atom stereocenters. The summed E-state index contributed by atoms with van der Waals surface area (Å²) in [6, 6.07) is 6.16. The smallest absolute Gasteiger partial charge is 0.227 e. The van der Waals surface area contributed by atoms with E-state index in [-0.39, 0.29) is 36.2 Å². The number of carbonyl (C=O) groups excluding carboxylic acids is 2. The molecule has 5 nitrogen and oxygen atoms in total. The Bertz CT molecular complexity index is 614. The van der Waals surface area contributed by atoms with E-state index in [1.807, 2.05) is 32.0 Å². The summed E-state index contributed by atoms with van der Waals surface area (Å²) >= 11 is 0. The van der Waals surface area contributed by atoms with E-state index in [2.05, 4.69) is 10.6 Å². The molecule has 2 N–H and O–H groups in total. The molecule has 6 heteroatoms. The third kappa shape index (κ3) is 3.90. The predicted octanol–water partition coefficient (Wildman–Crippen LogP) is 1.95. The Labute approximate surface area is 149 Å². The third-order valence-corrected chi connectivity index (χ3v) is 5.01. The van der Waals surface area contributed by atoms with Gasteiger partial charge in [0.15, 0.2) is 0 Å². The minimum atomic E-state index is -0.246. The second-order valence-corrected chi connectivity index (χ2v) is 6.68. The molecule has 0 spiro atoms. The van der Waals surface area contributed by atoms with Crippen molar-refractivity contribution in [3.8, 4) is 0 Å². The maximum absolute atomic E-state index is 12.5. The van der Waals surface area contributed by atoms with Crippen LogP contribution in [-0.4, -0.2) is 37.5 Å². The van der Waals surface area contributed by atoms with E-state index in [0.29, 0.717) is 13.0 Å². The van der Waals surface area contributed by atoms with Crippen molar-refractivity contribution in [3.05, 3.63) is 29.3 Å². The van der Waals surface area contributed by atoms with E-state index in [0.717, 1.165) is 42.7 Å². The van der Waals surface area contributed by atoms with Gasteiger partial charge in [0.2, 0.25) is 11.8 Å². The van der Waals surface area contributed by atoms with Crippen LogP contribution in [0.3, 0.4) is 0 Å². The van der Waals surface area contributed by atoms with Crippen LogP contribution in [0, 0.1) is 19.8 Å². The lowest BCUT2D eigenvalue weighted by Gasteiger charge is -2.25. The first-order valence-electron chi connectivity index (χ1n) is 8.44. The number of hydrogen-bond donors (Lipinski definition) is 2. The lowest BCUT2D eigenvalue weighted by Crippen LogP contribution is -2.47. The van der Waals surface area contributed by atoms with Crippen LogP contribution in [0.5, 0.6) is 0 Å². The van der Waals surface area contributed by atoms with Gasteiger partial charge >= 0.3 is 0 Å². The zero-order chi connectivity index (χ0) is 16.4. The van der Waals surface area contributed by atoms with Crippen LogP contribution < -0.4 is 15.5 Å². The molecule has 0 radical (unpaired) electrons. The van der Waals surface area contributed by atoms with Gasteiger partial charge < -0.3 is 15.5 Å². The molecule has 2 aliphatic heterocycles. The quantitative estimate of drug-likeness (QED) is 0.875. The highest BCUT2D eigenvalue weighted by molar-refractivity contribution is 6.01. The molecule has 24 heavy (non-hydrogen) atoms. The molecular formula is C18H26ClN3O2. The second-order valence-electron chi connectivity index (χ2n) is 6.68. The lowest BCUT2D eigenvalue weighted by atomic mass is 10.0. The normalized spacial score (nSPS) is 23.8. The van der Waals surface area contributed by atoms with E-state index in [1.165, 1.54) is 0 Å². The summed E-state index contributed by atoms with van der Waals surface area (Å²) < 4.78 is 0. The fourth-order valence-corrected chi connectivity index (χ4v) is 3.44. The van der Waals surface area contributed by atoms with Gasteiger partial charge in [-0.05, 0) is 50.4 Å². The molecule has 1 aromatic rings. The van der Waals surface area contributed by atoms with Gasteiger partial charge in [0.25, 0.3) is 0 Å². The molecule has 1 aromatic carbocycles. The van der Waals surface area contributed by atoms with E-state index in [9.17, 15) is 9.59 Å². The molecule has 2 atom stereocenters. The van der Waals surface area contributed by atoms with Gasteiger partial charge in [-0.2, -0.15) is 0 Å². The molecule has 0 aromatic heterocycles. The summed E-state index contributed by atoms with van der Waals surface area (Å²) in [5.74, 6) is -0.190. The van der Waals surface area contributed by atoms with Gasteiger partial charge in [0.1, 0.15) is 0 Å². The topological polar surface area (TPSA) is 61.4 Å². The molecule has 2 aliphatic rings. The molecule has 0 aliphatic carbocycles. The van der Waals surface area contributed by atoms with Crippen LogP contribution in [0.15, 0.2) is 18.2 Å². The Hall–Kier alpha value is -1.59. The van der Waals surface area contributed by atoms with E-state index < -0.39 is 0 Å². The summed E-state index contributed by atoms with van der Waals surface area (Å²) in [7, 11) is 0. The van der Waals surface area contributed by atoms with Gasteiger partial charge in [-0.3, -0.25) is 9.59 Å². The zero-order valence-corrected chi connectivity index (χ0v) is 15.1. The Morgan fingerprint density at radius 1 is 1.33 bits per heavy atom. The van der Waals surface area contributed by atoms with Crippen LogP contribution in [0.1, 0.15) is 30.4 Å². The summed E-state index contributed by atoms with van der Waals surface area (Å²) in [5.41, 5.74) is 3.21. The maximum Gasteiger partial charge on any atom is 0.227 e. The van der Waals surface area contributed by atoms with Crippen molar-refractivity contribution in [1.29, 1.82) is 0 Å². The van der Waals surface area contributed by atoms with Crippen molar-refractivity contribution in [3.63, 3.8) is 0 Å². The number of piperidine rings is 1. The molecule has 2 saturated heterocycles. The number of carbonyl (C=O) groups is 2. The minimum Gasteiger partial charge on any atom is -0.352 e. The lowest BCUT2D eigenvalue weighted by molar-refractivity contribution is -0.127. The van der Waals surface area contributed by atoms with E-state index >= 15 is 0 Å². The summed E-state index contributed by atoms with van der Waals surface area (Å²) in [6.45, 7) is 6.40. The van der Waals surface area contributed by atoms with Crippen LogP contribution >= 0.6 is 12.4 Å². The first kappa shape index (κ1) is 18.7. The number of amides is 2. The number of benzene rings is 1. The Balaban J connectivity index is 0.00000208. The monoisotopic (exact) mass is 351 g/mol. The van der Waals surface area contributed by atoms with Crippen molar-refractivity contribution in [1.82, 2.24) is 10.6 Å². The van der Waals surface area contributed by atoms with E-state index in [1.54, 1.807) is 4.90 Å². The van der Waals surface area contributed by atoms with Gasteiger partial charge in [0, 0.05) is 31.2 Å². The van der Waals surface area contributed by atoms with Crippen LogP contribution in [0.4, 0.5) is 5.69 Å². The standard InChI is InChI=1S/C18H25N3O2.ClH/c1-12-5-3-7-16(13(12)2)21-11-14(9-17(21)22)18(23)20-15-6-4-8-19-10-15;/h3,5,7,14-15,19H,4,6,8-11H2,1-2H3,(H,20,23);1H. The van der Waals surface area contributed by atoms with Crippen molar-refractivity contribution in [2.45, 2.75) is 39.2 Å². The fraction of sp³-hybridized carbons (Fsp3) is 0.556. The van der Waals surface area contributed by atoms with Crippen LogP contribution in [-0.2, 0) is 9.59 Å². The molecule has 3 rings (SSSR count). The average Bonchev–Trinajstić information content (AvgIpc) is 2.93. The number of nitrogens with one attached hydrogen (secondary N) is 2. The largest absolute Gasteiger partial charge is 0.352 e. The molecule has 2 heterocycles. The number of anilines is 1. The van der Waals surface area contributed by atoms with E-state index in [4.69, 9.17) is 0 Å². The fourth-order valence-electron chi connectivity index (χ4n) is 3.44. The molecule has 0 saturated carbocycles. The molecule has 2 fully saturated rings. The summed E-state index contributed by atoms with van der Waals surface area (Å²) in [5, 5.41) is 6.39. The number of nitrogens with zero attached hydrogens (tertiary/aromatic N) is 1. The summed E-state index contributed by atoms with van der Waals surface area (Å²) in [6.07, 6.45) is 2.41. The SMILES string of the molecule is Cc1cccc(N2CC(C(=O)NC3CCCNC3)CC2=O)c1C.Cl. The highest BCUT2D eigenvalue weighted by atomic mass is 35.5. The minimum absolute atomic E-state index is 0. The van der Waals surface area contributed by atoms with Crippen molar-refractivity contribution in [2.24, 2.45) is 5.92 Å². The molecular weight excluding hydrogens is 326 g/mol.